The summed E-state index contributed by atoms with van der Waals surface area (Å²) in [4.78, 5) is 38.9. The van der Waals surface area contributed by atoms with E-state index in [1.807, 2.05) is 50.2 Å². The van der Waals surface area contributed by atoms with Crippen LogP contribution in [0.4, 0.5) is 10.5 Å². The molecule has 7 nitrogen and oxygen atoms in total. The molecule has 4 rings (SSSR count). The highest BCUT2D eigenvalue weighted by molar-refractivity contribution is 6.04. The number of anilines is 1. The van der Waals surface area contributed by atoms with Crippen molar-refractivity contribution in [2.75, 3.05) is 18.6 Å². The molecule has 0 bridgehead atoms. The van der Waals surface area contributed by atoms with E-state index in [9.17, 15) is 19.5 Å². The molecule has 1 aliphatic rings. The fraction of sp³-hybridized carbons (Fsp3) is 0.250. The number of amides is 2. The Morgan fingerprint density at radius 3 is 2.03 bits per heavy atom. The summed E-state index contributed by atoms with van der Waals surface area (Å²) in [5.41, 5.74) is 4.72. The first-order valence-corrected chi connectivity index (χ1v) is 11.5. The van der Waals surface area contributed by atoms with Crippen molar-refractivity contribution in [1.29, 1.82) is 0 Å². The predicted octanol–water partition coefficient (Wildman–Crippen LogP) is 4.91. The third kappa shape index (κ3) is 4.75. The van der Waals surface area contributed by atoms with Crippen molar-refractivity contribution in [2.45, 2.75) is 25.8 Å². The number of hydrogen-bond acceptors (Lipinski definition) is 4. The Balaban J connectivity index is 1.47. The monoisotopic (exact) mass is 472 g/mol. The number of carboxylic acids is 1. The van der Waals surface area contributed by atoms with E-state index in [1.165, 1.54) is 18.0 Å². The number of carbonyl (C=O) groups excluding carboxylic acids is 2. The molecule has 2 N–H and O–H groups in total. The number of likely N-dealkylation sites (N-methyl/N-ethyl adjacent to an activating group) is 1. The van der Waals surface area contributed by atoms with Gasteiger partial charge in [-0.2, -0.15) is 0 Å². The largest absolute Gasteiger partial charge is 0.478 e. The van der Waals surface area contributed by atoms with E-state index in [4.69, 9.17) is 4.74 Å². The maximum Gasteiger partial charge on any atom is 0.407 e. The van der Waals surface area contributed by atoms with Gasteiger partial charge in [0.1, 0.15) is 12.6 Å². The fourth-order valence-electron chi connectivity index (χ4n) is 4.55. The molecule has 0 fully saturated rings. The van der Waals surface area contributed by atoms with E-state index in [-0.39, 0.29) is 29.7 Å². The first kappa shape index (κ1) is 24.0. The van der Waals surface area contributed by atoms with E-state index in [1.54, 1.807) is 18.2 Å². The Kier molecular flexibility index (Phi) is 6.87. The zero-order chi connectivity index (χ0) is 25.1. The van der Waals surface area contributed by atoms with Gasteiger partial charge in [-0.3, -0.25) is 4.79 Å². The Labute approximate surface area is 204 Å². The van der Waals surface area contributed by atoms with Gasteiger partial charge in [-0.1, -0.05) is 74.5 Å². The molecule has 0 heterocycles. The van der Waals surface area contributed by atoms with Crippen molar-refractivity contribution in [3.8, 4) is 11.1 Å². The van der Waals surface area contributed by atoms with Crippen LogP contribution in [0, 0.1) is 5.92 Å². The number of nitrogens with one attached hydrogen (secondary N) is 1. The van der Waals surface area contributed by atoms with Crippen molar-refractivity contribution in [2.24, 2.45) is 5.92 Å². The number of alkyl carbamates (subject to hydrolysis) is 1. The van der Waals surface area contributed by atoms with Crippen LogP contribution in [-0.2, 0) is 9.53 Å². The number of carboxylic acid groups (broad SMARTS) is 1. The molecule has 35 heavy (non-hydrogen) atoms. The number of para-hydroxylation sites is 1. The van der Waals surface area contributed by atoms with Gasteiger partial charge in [-0.25, -0.2) is 9.59 Å². The minimum Gasteiger partial charge on any atom is -0.478 e. The van der Waals surface area contributed by atoms with Gasteiger partial charge in [0.05, 0.1) is 11.3 Å². The topological polar surface area (TPSA) is 95.9 Å². The Morgan fingerprint density at radius 2 is 1.46 bits per heavy atom. The standard InChI is InChI=1S/C28H28N2O5/c1-17(2)25(26(31)30(3)24-15-9-8-14-22(24)27(32)33)29-28(34)35-16-23-20-12-6-4-10-18(20)19-11-5-7-13-21(19)23/h4-15,17,23,25H,16H2,1-3H3,(H,29,34)(H,32,33)/t25-/m1/s1. The van der Waals surface area contributed by atoms with Gasteiger partial charge < -0.3 is 20.1 Å². The third-order valence-corrected chi connectivity index (χ3v) is 6.38. The van der Waals surface area contributed by atoms with Crippen LogP contribution in [0.25, 0.3) is 11.1 Å². The first-order chi connectivity index (χ1) is 16.8. The molecule has 0 aromatic heterocycles. The molecular formula is C28H28N2O5. The average molecular weight is 473 g/mol. The normalized spacial score (nSPS) is 13.0. The summed E-state index contributed by atoms with van der Waals surface area (Å²) in [6.07, 6.45) is -0.696. The molecule has 0 radical (unpaired) electrons. The van der Waals surface area contributed by atoms with E-state index >= 15 is 0 Å². The summed E-state index contributed by atoms with van der Waals surface area (Å²) in [7, 11) is 1.50. The summed E-state index contributed by atoms with van der Waals surface area (Å²) in [5.74, 6) is -1.90. The van der Waals surface area contributed by atoms with E-state index in [2.05, 4.69) is 17.4 Å². The van der Waals surface area contributed by atoms with Gasteiger partial charge in [-0.05, 0) is 40.3 Å². The Bertz CT molecular complexity index is 1220. The highest BCUT2D eigenvalue weighted by atomic mass is 16.5. The lowest BCUT2D eigenvalue weighted by molar-refractivity contribution is -0.121. The van der Waals surface area contributed by atoms with Gasteiger partial charge in [-0.15, -0.1) is 0 Å². The molecule has 0 saturated heterocycles. The second kappa shape index (κ2) is 10.0. The van der Waals surface area contributed by atoms with Crippen LogP contribution in [0.5, 0.6) is 0 Å². The molecule has 0 spiro atoms. The third-order valence-electron chi connectivity index (χ3n) is 6.38. The molecule has 180 valence electrons. The second-order valence-corrected chi connectivity index (χ2v) is 8.91. The van der Waals surface area contributed by atoms with Gasteiger partial charge >= 0.3 is 12.1 Å². The van der Waals surface area contributed by atoms with Crippen LogP contribution in [0.3, 0.4) is 0 Å². The lowest BCUT2D eigenvalue weighted by atomic mass is 9.98. The van der Waals surface area contributed by atoms with Crippen LogP contribution >= 0.6 is 0 Å². The number of nitrogens with zero attached hydrogens (tertiary/aromatic N) is 1. The van der Waals surface area contributed by atoms with Gasteiger partial charge in [0.2, 0.25) is 5.91 Å². The number of hydrogen-bond donors (Lipinski definition) is 2. The van der Waals surface area contributed by atoms with Crippen molar-refractivity contribution in [1.82, 2.24) is 5.32 Å². The molecule has 1 aliphatic carbocycles. The van der Waals surface area contributed by atoms with E-state index < -0.39 is 24.0 Å². The summed E-state index contributed by atoms with van der Waals surface area (Å²) < 4.78 is 5.60. The summed E-state index contributed by atoms with van der Waals surface area (Å²) in [6, 6.07) is 21.5. The zero-order valence-electron chi connectivity index (χ0n) is 19.9. The highest BCUT2D eigenvalue weighted by Gasteiger charge is 2.32. The maximum absolute atomic E-state index is 13.2. The second-order valence-electron chi connectivity index (χ2n) is 8.91. The minimum absolute atomic E-state index is 0.00648. The predicted molar refractivity (Wildman–Crippen MR) is 134 cm³/mol. The summed E-state index contributed by atoms with van der Waals surface area (Å²) >= 11 is 0. The van der Waals surface area contributed by atoms with Crippen LogP contribution in [0.1, 0.15) is 41.3 Å². The van der Waals surface area contributed by atoms with E-state index in [0.717, 1.165) is 22.3 Å². The van der Waals surface area contributed by atoms with Gasteiger partial charge in [0.15, 0.2) is 0 Å². The Hall–Kier alpha value is -4.13. The molecule has 7 heteroatoms. The highest BCUT2D eigenvalue weighted by Crippen LogP contribution is 2.44. The van der Waals surface area contributed by atoms with Gasteiger partial charge in [0, 0.05) is 13.0 Å². The molecule has 1 atom stereocenters. The molecular weight excluding hydrogens is 444 g/mol. The van der Waals surface area contributed by atoms with Crippen molar-refractivity contribution >= 4 is 23.7 Å². The Morgan fingerprint density at radius 1 is 0.914 bits per heavy atom. The smallest absolute Gasteiger partial charge is 0.407 e. The number of aromatic carboxylic acids is 1. The van der Waals surface area contributed by atoms with Crippen molar-refractivity contribution < 1.29 is 24.2 Å². The number of fused-ring (bicyclic) bond motifs is 3. The fourth-order valence-corrected chi connectivity index (χ4v) is 4.55. The molecule has 2 amide bonds. The molecule has 3 aromatic rings. The first-order valence-electron chi connectivity index (χ1n) is 11.5. The average Bonchev–Trinajstić information content (AvgIpc) is 3.18. The van der Waals surface area contributed by atoms with Crippen LogP contribution in [0.2, 0.25) is 0 Å². The number of benzene rings is 3. The molecule has 0 saturated carbocycles. The van der Waals surface area contributed by atoms with Crippen LogP contribution < -0.4 is 10.2 Å². The minimum atomic E-state index is -1.13. The lowest BCUT2D eigenvalue weighted by Crippen LogP contribution is -2.50. The number of rotatable bonds is 7. The number of ether oxygens (including phenoxy) is 1. The zero-order valence-corrected chi connectivity index (χ0v) is 19.9. The number of carbonyl (C=O) groups is 3. The summed E-state index contributed by atoms with van der Waals surface area (Å²) in [6.45, 7) is 3.75. The van der Waals surface area contributed by atoms with Gasteiger partial charge in [0.25, 0.3) is 0 Å². The van der Waals surface area contributed by atoms with E-state index in [0.29, 0.717) is 0 Å². The van der Waals surface area contributed by atoms with Crippen LogP contribution in [0.15, 0.2) is 72.8 Å². The van der Waals surface area contributed by atoms with Crippen LogP contribution in [-0.4, -0.2) is 42.8 Å². The SMILES string of the molecule is CC(C)[C@@H](NC(=O)OCC1c2ccccc2-c2ccccc21)C(=O)N(C)c1ccccc1C(=O)O. The lowest BCUT2D eigenvalue weighted by Gasteiger charge is -2.28. The van der Waals surface area contributed by atoms with Crippen molar-refractivity contribution in [3.63, 3.8) is 0 Å². The van der Waals surface area contributed by atoms with Crippen molar-refractivity contribution in [3.05, 3.63) is 89.5 Å². The maximum atomic E-state index is 13.2. The summed E-state index contributed by atoms with van der Waals surface area (Å²) in [5, 5.41) is 12.2. The molecule has 0 unspecified atom stereocenters. The molecule has 0 aliphatic heterocycles. The quantitative estimate of drug-likeness (QED) is 0.509. The molecule has 3 aromatic carbocycles.